The molecule has 0 heterocycles. The van der Waals surface area contributed by atoms with Crippen molar-refractivity contribution in [2.45, 2.75) is 19.3 Å². The van der Waals surface area contributed by atoms with E-state index in [0.717, 1.165) is 5.56 Å². The fraction of sp³-hybridized carbons (Fsp3) is 0.120. The highest BCUT2D eigenvalue weighted by Gasteiger charge is 2.31. The van der Waals surface area contributed by atoms with E-state index in [1.165, 1.54) is 0 Å². The molecule has 0 spiro atoms. The van der Waals surface area contributed by atoms with Crippen molar-refractivity contribution in [3.63, 3.8) is 0 Å². The van der Waals surface area contributed by atoms with E-state index < -0.39 is 40.6 Å². The minimum absolute atomic E-state index is 0.261. The first-order chi connectivity index (χ1) is 15.9. The Labute approximate surface area is 186 Å². The predicted octanol–water partition coefficient (Wildman–Crippen LogP) is 6.52. The molecule has 0 N–H and O–H groups in total. The second-order valence-corrected chi connectivity index (χ2v) is 6.93. The highest BCUT2D eigenvalue weighted by atomic mass is 19.2. The first-order valence-electron chi connectivity index (χ1n) is 9.94. The number of nitrogens with zero attached hydrogens (tertiary/aromatic N) is 1. The molecule has 0 atom stereocenters. The molecule has 0 aromatic heterocycles. The van der Waals surface area contributed by atoms with Crippen molar-refractivity contribution in [1.29, 1.82) is 0 Å². The van der Waals surface area contributed by atoms with Crippen molar-refractivity contribution in [3.05, 3.63) is 119 Å². The first kappa shape index (κ1) is 23.8. The lowest BCUT2D eigenvalue weighted by atomic mass is 10.1. The summed E-state index contributed by atoms with van der Waals surface area (Å²) in [6.45, 7) is 0. The van der Waals surface area contributed by atoms with Crippen LogP contribution in [0, 0.1) is 29.1 Å². The standard InChI is InChI=1S/C25H18F5NO2/c26-20-19(21(27)23(29)24(30)22(20)28)25(32)33-31-18(17-13-7-3-8-14-17)15-9-2-6-12-16-10-4-1-5-11-16/h1-8,10-11,13-14H,9,12,15H2/b6-2+,31-18-. The molecule has 0 aliphatic heterocycles. The molecular weight excluding hydrogens is 441 g/mol. The van der Waals surface area contributed by atoms with Gasteiger partial charge >= 0.3 is 5.97 Å². The quantitative estimate of drug-likeness (QED) is 0.0732. The van der Waals surface area contributed by atoms with Gasteiger partial charge in [0.25, 0.3) is 0 Å². The largest absolute Gasteiger partial charge is 0.371 e. The molecule has 170 valence electrons. The summed E-state index contributed by atoms with van der Waals surface area (Å²) in [6.07, 6.45) is 5.37. The summed E-state index contributed by atoms with van der Waals surface area (Å²) >= 11 is 0. The number of allylic oxidation sites excluding steroid dienone is 2. The van der Waals surface area contributed by atoms with Gasteiger partial charge in [0.1, 0.15) is 5.56 Å². The number of rotatable bonds is 8. The summed E-state index contributed by atoms with van der Waals surface area (Å²) in [5, 5.41) is 3.65. The Bertz CT molecular complexity index is 1150. The molecule has 0 unspecified atom stereocenters. The Morgan fingerprint density at radius 1 is 0.758 bits per heavy atom. The SMILES string of the molecule is O=C(O/N=C(/CC/C=C/Cc1ccccc1)c1ccccc1)c1c(F)c(F)c(F)c(F)c1F. The lowest BCUT2D eigenvalue weighted by molar-refractivity contribution is 0.0501. The maximum atomic E-state index is 13.8. The number of oxime groups is 1. The van der Waals surface area contributed by atoms with Crippen molar-refractivity contribution in [2.75, 3.05) is 0 Å². The Kier molecular flexibility index (Phi) is 8.07. The summed E-state index contributed by atoms with van der Waals surface area (Å²) in [5.74, 6) is -13.2. The van der Waals surface area contributed by atoms with Gasteiger partial charge < -0.3 is 4.84 Å². The van der Waals surface area contributed by atoms with Crippen LogP contribution in [0.15, 0.2) is 78.0 Å². The molecule has 0 aliphatic rings. The monoisotopic (exact) mass is 459 g/mol. The third-order valence-electron chi connectivity index (χ3n) is 4.67. The molecule has 8 heteroatoms. The molecule has 3 aromatic carbocycles. The van der Waals surface area contributed by atoms with Crippen LogP contribution in [0.4, 0.5) is 22.0 Å². The van der Waals surface area contributed by atoms with Gasteiger partial charge in [0.15, 0.2) is 23.3 Å². The van der Waals surface area contributed by atoms with Gasteiger partial charge in [-0.15, -0.1) is 0 Å². The van der Waals surface area contributed by atoms with Gasteiger partial charge in [0.2, 0.25) is 5.82 Å². The van der Waals surface area contributed by atoms with Crippen molar-refractivity contribution >= 4 is 11.7 Å². The molecule has 0 amide bonds. The number of benzene rings is 3. The van der Waals surface area contributed by atoms with E-state index in [1.54, 1.807) is 30.3 Å². The van der Waals surface area contributed by atoms with E-state index in [4.69, 9.17) is 0 Å². The fourth-order valence-electron chi connectivity index (χ4n) is 2.97. The molecule has 0 bridgehead atoms. The van der Waals surface area contributed by atoms with Crippen molar-refractivity contribution in [2.24, 2.45) is 5.16 Å². The van der Waals surface area contributed by atoms with Gasteiger partial charge in [-0.2, -0.15) is 0 Å². The molecule has 0 saturated carbocycles. The fourth-order valence-corrected chi connectivity index (χ4v) is 2.97. The van der Waals surface area contributed by atoms with Gasteiger partial charge in [-0.1, -0.05) is 78.0 Å². The summed E-state index contributed by atoms with van der Waals surface area (Å²) in [7, 11) is 0. The average Bonchev–Trinajstić information content (AvgIpc) is 2.84. The topological polar surface area (TPSA) is 38.7 Å². The molecule has 3 rings (SSSR count). The van der Waals surface area contributed by atoms with Crippen LogP contribution < -0.4 is 0 Å². The molecule has 3 nitrogen and oxygen atoms in total. The maximum absolute atomic E-state index is 13.8. The van der Waals surface area contributed by atoms with Gasteiger partial charge in [0.05, 0.1) is 5.71 Å². The van der Waals surface area contributed by atoms with Crippen LogP contribution in [0.3, 0.4) is 0 Å². The minimum atomic E-state index is -2.36. The third kappa shape index (κ3) is 5.91. The van der Waals surface area contributed by atoms with Gasteiger partial charge in [-0.05, 0) is 30.4 Å². The zero-order chi connectivity index (χ0) is 23.8. The third-order valence-corrected chi connectivity index (χ3v) is 4.67. The second-order valence-electron chi connectivity index (χ2n) is 6.93. The van der Waals surface area contributed by atoms with Crippen molar-refractivity contribution in [1.82, 2.24) is 0 Å². The minimum Gasteiger partial charge on any atom is -0.312 e. The van der Waals surface area contributed by atoms with Crippen LogP contribution in [-0.2, 0) is 11.3 Å². The van der Waals surface area contributed by atoms with E-state index >= 15 is 0 Å². The van der Waals surface area contributed by atoms with Crippen LogP contribution in [0.5, 0.6) is 0 Å². The smallest absolute Gasteiger partial charge is 0.312 e. The molecule has 0 radical (unpaired) electrons. The highest BCUT2D eigenvalue weighted by molar-refractivity contribution is 6.01. The predicted molar refractivity (Wildman–Crippen MR) is 113 cm³/mol. The maximum Gasteiger partial charge on any atom is 0.371 e. The molecule has 3 aromatic rings. The molecule has 33 heavy (non-hydrogen) atoms. The van der Waals surface area contributed by atoms with E-state index in [2.05, 4.69) is 9.99 Å². The molecule has 0 fully saturated rings. The average molecular weight is 459 g/mol. The van der Waals surface area contributed by atoms with Crippen LogP contribution >= 0.6 is 0 Å². The normalized spacial score (nSPS) is 11.7. The number of carbonyl (C=O) groups excluding carboxylic acids is 1. The molecule has 0 saturated heterocycles. The van der Waals surface area contributed by atoms with Gasteiger partial charge in [-0.3, -0.25) is 0 Å². The summed E-state index contributed by atoms with van der Waals surface area (Å²) in [4.78, 5) is 16.7. The summed E-state index contributed by atoms with van der Waals surface area (Å²) in [6, 6.07) is 18.3. The van der Waals surface area contributed by atoms with Crippen LogP contribution in [0.1, 0.15) is 34.3 Å². The Hall–Kier alpha value is -3.81. The van der Waals surface area contributed by atoms with Crippen LogP contribution in [0.2, 0.25) is 0 Å². The summed E-state index contributed by atoms with van der Waals surface area (Å²) in [5.41, 5.74) is 0.254. The Morgan fingerprint density at radius 3 is 1.91 bits per heavy atom. The van der Waals surface area contributed by atoms with Gasteiger partial charge in [-0.25, -0.2) is 26.7 Å². The number of carbonyl (C=O) groups is 1. The van der Waals surface area contributed by atoms with Gasteiger partial charge in [0, 0.05) is 0 Å². The van der Waals surface area contributed by atoms with Crippen molar-refractivity contribution < 1.29 is 31.6 Å². The van der Waals surface area contributed by atoms with Crippen LogP contribution in [-0.4, -0.2) is 11.7 Å². The second kappa shape index (κ2) is 11.2. The highest BCUT2D eigenvalue weighted by Crippen LogP contribution is 2.24. The number of halogens is 5. The first-order valence-corrected chi connectivity index (χ1v) is 9.94. The Balaban J connectivity index is 1.75. The van der Waals surface area contributed by atoms with Crippen LogP contribution in [0.25, 0.3) is 0 Å². The van der Waals surface area contributed by atoms with E-state index in [9.17, 15) is 26.7 Å². The molecule has 0 aliphatic carbocycles. The zero-order valence-corrected chi connectivity index (χ0v) is 17.2. The number of hydrogen-bond acceptors (Lipinski definition) is 3. The van der Waals surface area contributed by atoms with E-state index in [1.807, 2.05) is 42.5 Å². The number of hydrogen-bond donors (Lipinski definition) is 0. The lowest BCUT2D eigenvalue weighted by Gasteiger charge is -2.08. The van der Waals surface area contributed by atoms with E-state index in [0.29, 0.717) is 24.8 Å². The zero-order valence-electron chi connectivity index (χ0n) is 17.2. The Morgan fingerprint density at radius 2 is 1.30 bits per heavy atom. The van der Waals surface area contributed by atoms with Crippen molar-refractivity contribution in [3.8, 4) is 0 Å². The van der Waals surface area contributed by atoms with E-state index in [-0.39, 0.29) is 5.71 Å². The lowest BCUT2D eigenvalue weighted by Crippen LogP contribution is -2.14. The molecular formula is C25H18F5NO2. The summed E-state index contributed by atoms with van der Waals surface area (Å²) < 4.78 is 67.6.